The third-order valence-electron chi connectivity index (χ3n) is 4.98. The smallest absolute Gasteiger partial charge is 0.296 e. The van der Waals surface area contributed by atoms with Crippen molar-refractivity contribution in [2.45, 2.75) is 39.5 Å². The third-order valence-corrected chi connectivity index (χ3v) is 5.84. The van der Waals surface area contributed by atoms with E-state index in [2.05, 4.69) is 0 Å². The normalized spacial score (nSPS) is 18.2. The molecule has 160 valence electrons. The second-order valence-electron chi connectivity index (χ2n) is 7.65. The fourth-order valence-corrected chi connectivity index (χ4v) is 4.33. The Kier molecular flexibility index (Phi) is 5.69. The van der Waals surface area contributed by atoms with Crippen LogP contribution in [0, 0.1) is 6.92 Å². The molecule has 1 saturated heterocycles. The van der Waals surface area contributed by atoms with Gasteiger partial charge in [0.2, 0.25) is 0 Å². The molecule has 0 bridgehead atoms. The molecule has 4 rings (SSSR count). The monoisotopic (exact) mass is 437 g/mol. The number of furan rings is 1. The van der Waals surface area contributed by atoms with Gasteiger partial charge in [0.1, 0.15) is 29.1 Å². The topological polar surface area (TPSA) is 80.0 Å². The quantitative estimate of drug-likeness (QED) is 0.331. The van der Waals surface area contributed by atoms with Crippen molar-refractivity contribution < 1.29 is 23.8 Å². The molecular weight excluding hydrogens is 414 g/mol. The molecule has 0 radical (unpaired) electrons. The zero-order valence-electron chi connectivity index (χ0n) is 17.5. The Labute approximate surface area is 184 Å². The molecule has 0 saturated carbocycles. The number of amides is 1. The van der Waals surface area contributed by atoms with Crippen LogP contribution in [0.4, 0.5) is 0 Å². The summed E-state index contributed by atoms with van der Waals surface area (Å²) in [7, 11) is 0. The molecule has 1 atom stereocenters. The van der Waals surface area contributed by atoms with Gasteiger partial charge in [0.25, 0.3) is 11.7 Å². The molecule has 2 aromatic heterocycles. The minimum Gasteiger partial charge on any atom is -0.507 e. The molecule has 0 spiro atoms. The van der Waals surface area contributed by atoms with Gasteiger partial charge in [0.15, 0.2) is 0 Å². The third kappa shape index (κ3) is 4.14. The first-order valence-electron chi connectivity index (χ1n) is 9.99. The van der Waals surface area contributed by atoms with Crippen molar-refractivity contribution in [3.8, 4) is 5.75 Å². The lowest BCUT2D eigenvalue weighted by atomic mass is 9.99. The van der Waals surface area contributed by atoms with Crippen LogP contribution in [0.5, 0.6) is 5.75 Å². The number of rotatable bonds is 6. The van der Waals surface area contributed by atoms with E-state index < -0.39 is 17.7 Å². The maximum atomic E-state index is 13.0. The standard InChI is InChI=1S/C24H23NO5S/c1-14(2)29-17-9-7-16(8-10-17)22(26)20-21(19-11-6-15(3)30-19)25(24(28)23(20)27)13-18-5-4-12-31-18/h4-12,14,21,26H,13H2,1-3H3/b22-20-. The van der Waals surface area contributed by atoms with E-state index in [1.54, 1.807) is 43.3 Å². The summed E-state index contributed by atoms with van der Waals surface area (Å²) in [6.45, 7) is 5.90. The number of aliphatic hydroxyl groups excluding tert-OH is 1. The molecule has 31 heavy (non-hydrogen) atoms. The average Bonchev–Trinajstić information content (AvgIpc) is 3.45. The molecule has 7 heteroatoms. The van der Waals surface area contributed by atoms with Gasteiger partial charge in [-0.25, -0.2) is 0 Å². The Morgan fingerprint density at radius 3 is 2.48 bits per heavy atom. The van der Waals surface area contributed by atoms with Crippen LogP contribution in [-0.2, 0) is 16.1 Å². The second-order valence-corrected chi connectivity index (χ2v) is 8.68. The van der Waals surface area contributed by atoms with Crippen LogP contribution < -0.4 is 4.74 Å². The minimum atomic E-state index is -0.803. The Hall–Kier alpha value is -3.32. The van der Waals surface area contributed by atoms with Crippen LogP contribution in [0.3, 0.4) is 0 Å². The van der Waals surface area contributed by atoms with Crippen molar-refractivity contribution in [3.05, 3.63) is 81.4 Å². The van der Waals surface area contributed by atoms with Crippen LogP contribution in [0.1, 0.15) is 41.9 Å². The summed E-state index contributed by atoms with van der Waals surface area (Å²) >= 11 is 1.50. The highest BCUT2D eigenvalue weighted by Crippen LogP contribution is 2.41. The molecule has 3 heterocycles. The molecule has 1 aliphatic rings. The number of nitrogens with zero attached hydrogens (tertiary/aromatic N) is 1. The Morgan fingerprint density at radius 1 is 1.16 bits per heavy atom. The van der Waals surface area contributed by atoms with Crippen LogP contribution in [0.25, 0.3) is 5.76 Å². The Morgan fingerprint density at radius 2 is 1.90 bits per heavy atom. The summed E-state index contributed by atoms with van der Waals surface area (Å²) in [4.78, 5) is 28.3. The predicted molar refractivity (Wildman–Crippen MR) is 118 cm³/mol. The number of likely N-dealkylation sites (tertiary alicyclic amines) is 1. The highest BCUT2D eigenvalue weighted by atomic mass is 32.1. The lowest BCUT2D eigenvalue weighted by Crippen LogP contribution is -2.28. The average molecular weight is 438 g/mol. The molecule has 3 aromatic rings. The van der Waals surface area contributed by atoms with Crippen LogP contribution in [-0.4, -0.2) is 27.8 Å². The van der Waals surface area contributed by atoms with Crippen molar-refractivity contribution >= 4 is 28.8 Å². The maximum Gasteiger partial charge on any atom is 0.296 e. The number of thiophene rings is 1. The number of benzene rings is 1. The van der Waals surface area contributed by atoms with Crippen LogP contribution in [0.15, 0.2) is 63.9 Å². The number of hydrogen-bond donors (Lipinski definition) is 1. The Balaban J connectivity index is 1.78. The van der Waals surface area contributed by atoms with Gasteiger partial charge >= 0.3 is 0 Å². The first-order valence-corrected chi connectivity index (χ1v) is 10.9. The maximum absolute atomic E-state index is 13.0. The number of carbonyl (C=O) groups excluding carboxylic acids is 2. The summed E-state index contributed by atoms with van der Waals surface area (Å²) in [6.07, 6.45) is 0.0178. The molecule has 1 aliphatic heterocycles. The van der Waals surface area contributed by atoms with E-state index in [1.165, 1.54) is 16.2 Å². The SMILES string of the molecule is Cc1ccc(C2/C(=C(/O)c3ccc(OC(C)C)cc3)C(=O)C(=O)N2Cc2cccs2)o1. The van der Waals surface area contributed by atoms with E-state index in [-0.39, 0.29) is 24.0 Å². The first-order chi connectivity index (χ1) is 14.8. The lowest BCUT2D eigenvalue weighted by molar-refractivity contribution is -0.140. The van der Waals surface area contributed by atoms with Crippen molar-refractivity contribution in [2.75, 3.05) is 0 Å². The van der Waals surface area contributed by atoms with Gasteiger partial charge in [-0.1, -0.05) is 6.07 Å². The Bertz CT molecular complexity index is 1130. The van der Waals surface area contributed by atoms with Gasteiger partial charge in [0.05, 0.1) is 18.2 Å². The first kappa shape index (κ1) is 20.9. The van der Waals surface area contributed by atoms with E-state index in [0.717, 1.165) is 4.88 Å². The highest BCUT2D eigenvalue weighted by Gasteiger charge is 2.47. The van der Waals surface area contributed by atoms with Gasteiger partial charge in [-0.3, -0.25) is 9.59 Å². The molecule has 1 fully saturated rings. The van der Waals surface area contributed by atoms with Gasteiger partial charge in [0, 0.05) is 10.4 Å². The fraction of sp³-hybridized carbons (Fsp3) is 0.250. The van der Waals surface area contributed by atoms with Crippen molar-refractivity contribution in [2.24, 2.45) is 0 Å². The number of aliphatic hydroxyl groups is 1. The molecule has 1 amide bonds. The molecule has 1 aromatic carbocycles. The van der Waals surface area contributed by atoms with Gasteiger partial charge < -0.3 is 19.2 Å². The van der Waals surface area contributed by atoms with E-state index in [9.17, 15) is 14.7 Å². The fourth-order valence-electron chi connectivity index (χ4n) is 3.63. The summed E-state index contributed by atoms with van der Waals surface area (Å²) < 4.78 is 11.4. The summed E-state index contributed by atoms with van der Waals surface area (Å²) in [5, 5.41) is 13.0. The van der Waals surface area contributed by atoms with E-state index in [0.29, 0.717) is 22.8 Å². The van der Waals surface area contributed by atoms with Gasteiger partial charge in [-0.2, -0.15) is 0 Å². The number of carbonyl (C=O) groups is 2. The molecule has 0 aliphatic carbocycles. The number of ketones is 1. The zero-order valence-corrected chi connectivity index (χ0v) is 18.3. The predicted octanol–water partition coefficient (Wildman–Crippen LogP) is 5.06. The number of Topliss-reactive ketones (excluding diaryl/α,β-unsaturated/α-hetero) is 1. The number of hydrogen-bond acceptors (Lipinski definition) is 6. The second kappa shape index (κ2) is 8.43. The highest BCUT2D eigenvalue weighted by molar-refractivity contribution is 7.09. The van der Waals surface area contributed by atoms with E-state index in [4.69, 9.17) is 9.15 Å². The largest absolute Gasteiger partial charge is 0.507 e. The molecular formula is C24H23NO5S. The number of aryl methyl sites for hydroxylation is 1. The van der Waals surface area contributed by atoms with Crippen LogP contribution >= 0.6 is 11.3 Å². The zero-order chi connectivity index (χ0) is 22.1. The van der Waals surface area contributed by atoms with Gasteiger partial charge in [-0.15, -0.1) is 11.3 Å². The van der Waals surface area contributed by atoms with Crippen molar-refractivity contribution in [1.29, 1.82) is 0 Å². The summed E-state index contributed by atoms with van der Waals surface area (Å²) in [5.74, 6) is 0.135. The van der Waals surface area contributed by atoms with Crippen molar-refractivity contribution in [1.82, 2.24) is 4.90 Å². The van der Waals surface area contributed by atoms with Gasteiger partial charge in [-0.05, 0) is 68.6 Å². The van der Waals surface area contributed by atoms with Crippen LogP contribution in [0.2, 0.25) is 0 Å². The molecule has 1 N–H and O–H groups in total. The lowest BCUT2D eigenvalue weighted by Gasteiger charge is -2.22. The summed E-state index contributed by atoms with van der Waals surface area (Å²) in [6, 6.07) is 13.3. The van der Waals surface area contributed by atoms with E-state index in [1.807, 2.05) is 31.4 Å². The van der Waals surface area contributed by atoms with Crippen molar-refractivity contribution in [3.63, 3.8) is 0 Å². The minimum absolute atomic E-state index is 0.0178. The summed E-state index contributed by atoms with van der Waals surface area (Å²) in [5.41, 5.74) is 0.451. The molecule has 1 unspecified atom stereocenters. The van der Waals surface area contributed by atoms with E-state index >= 15 is 0 Å². The molecule has 6 nitrogen and oxygen atoms in total. The number of ether oxygens (including phenoxy) is 1.